The van der Waals surface area contributed by atoms with E-state index in [-0.39, 0.29) is 23.2 Å². The maximum atomic E-state index is 12.6. The van der Waals surface area contributed by atoms with Gasteiger partial charge < -0.3 is 10.2 Å². The molecular formula is C14H20BrClN2O3S. The van der Waals surface area contributed by atoms with Gasteiger partial charge in [-0.15, -0.1) is 12.4 Å². The van der Waals surface area contributed by atoms with Gasteiger partial charge in [-0.1, -0.05) is 0 Å². The molecule has 1 saturated heterocycles. The molecule has 0 radical (unpaired) electrons. The molecule has 0 aromatic heterocycles. The Balaban J connectivity index is 0.00000242. The van der Waals surface area contributed by atoms with Crippen molar-refractivity contribution >= 4 is 44.1 Å². The number of nitrogens with zero attached hydrogens (tertiary/aromatic N) is 1. The van der Waals surface area contributed by atoms with Crippen LogP contribution in [0.15, 0.2) is 27.6 Å². The highest BCUT2D eigenvalue weighted by Gasteiger charge is 2.25. The first-order valence-electron chi connectivity index (χ1n) is 6.79. The number of sulfone groups is 1. The van der Waals surface area contributed by atoms with Gasteiger partial charge in [-0.05, 0) is 54.0 Å². The van der Waals surface area contributed by atoms with E-state index >= 15 is 0 Å². The zero-order chi connectivity index (χ0) is 15.6. The molecule has 1 N–H and O–H groups in total. The van der Waals surface area contributed by atoms with Crippen LogP contribution in [-0.4, -0.2) is 51.7 Å². The van der Waals surface area contributed by atoms with Gasteiger partial charge in [0, 0.05) is 29.9 Å². The van der Waals surface area contributed by atoms with Gasteiger partial charge in [0.2, 0.25) is 0 Å². The average Bonchev–Trinajstić information content (AvgIpc) is 2.46. The van der Waals surface area contributed by atoms with Gasteiger partial charge in [0.25, 0.3) is 5.91 Å². The number of rotatable bonds is 3. The maximum absolute atomic E-state index is 12.6. The summed E-state index contributed by atoms with van der Waals surface area (Å²) in [6.45, 7) is 1.34. The lowest BCUT2D eigenvalue weighted by Crippen LogP contribution is -2.47. The van der Waals surface area contributed by atoms with Crippen molar-refractivity contribution in [3.8, 4) is 0 Å². The largest absolute Gasteiger partial charge is 0.337 e. The number of likely N-dealkylation sites (tertiary alicyclic amines) is 1. The molecule has 1 atom stereocenters. The lowest BCUT2D eigenvalue weighted by molar-refractivity contribution is 0.0697. The summed E-state index contributed by atoms with van der Waals surface area (Å²) < 4.78 is 23.9. The highest BCUT2D eigenvalue weighted by molar-refractivity contribution is 9.10. The smallest absolute Gasteiger partial charge is 0.255 e. The van der Waals surface area contributed by atoms with Crippen molar-refractivity contribution in [1.82, 2.24) is 10.2 Å². The minimum Gasteiger partial charge on any atom is -0.337 e. The molecule has 1 amide bonds. The summed E-state index contributed by atoms with van der Waals surface area (Å²) in [5.74, 6) is -0.132. The van der Waals surface area contributed by atoms with Crippen molar-refractivity contribution in [2.75, 3.05) is 26.4 Å². The molecule has 124 valence electrons. The summed E-state index contributed by atoms with van der Waals surface area (Å²) in [5.41, 5.74) is 0.398. The second-order valence-corrected chi connectivity index (χ2v) is 8.16. The fourth-order valence-electron chi connectivity index (χ4n) is 2.47. The van der Waals surface area contributed by atoms with Crippen LogP contribution >= 0.6 is 28.3 Å². The molecule has 0 bridgehead atoms. The topological polar surface area (TPSA) is 66.5 Å². The van der Waals surface area contributed by atoms with Crippen LogP contribution in [0.2, 0.25) is 0 Å². The van der Waals surface area contributed by atoms with E-state index in [1.54, 1.807) is 11.0 Å². The number of hydrogen-bond acceptors (Lipinski definition) is 4. The van der Waals surface area contributed by atoms with Crippen molar-refractivity contribution in [3.63, 3.8) is 0 Å². The van der Waals surface area contributed by atoms with Crippen LogP contribution in [0.3, 0.4) is 0 Å². The summed E-state index contributed by atoms with van der Waals surface area (Å²) >= 11 is 3.34. The van der Waals surface area contributed by atoms with Crippen molar-refractivity contribution in [2.24, 2.45) is 0 Å². The number of hydrogen-bond donors (Lipinski definition) is 1. The van der Waals surface area contributed by atoms with Crippen LogP contribution in [0.1, 0.15) is 23.2 Å². The summed E-state index contributed by atoms with van der Waals surface area (Å²) in [5, 5.41) is 3.19. The number of carbonyl (C=O) groups is 1. The Labute approximate surface area is 145 Å². The monoisotopic (exact) mass is 410 g/mol. The molecule has 5 nitrogen and oxygen atoms in total. The van der Waals surface area contributed by atoms with Crippen LogP contribution in [-0.2, 0) is 9.84 Å². The van der Waals surface area contributed by atoms with Gasteiger partial charge in [0.05, 0.1) is 10.5 Å². The Morgan fingerprint density at radius 2 is 2.09 bits per heavy atom. The molecule has 0 saturated carbocycles. The van der Waals surface area contributed by atoms with Crippen molar-refractivity contribution < 1.29 is 13.2 Å². The third-order valence-electron chi connectivity index (χ3n) is 3.71. The van der Waals surface area contributed by atoms with E-state index in [0.717, 1.165) is 19.1 Å². The highest BCUT2D eigenvalue weighted by Crippen LogP contribution is 2.24. The first-order chi connectivity index (χ1) is 9.82. The van der Waals surface area contributed by atoms with Gasteiger partial charge in [-0.3, -0.25) is 4.79 Å². The zero-order valence-corrected chi connectivity index (χ0v) is 15.7. The predicted octanol–water partition coefficient (Wildman–Crippen LogP) is 2.10. The Hall–Kier alpha value is -0.630. The molecule has 8 heteroatoms. The molecule has 0 spiro atoms. The molecule has 1 aliphatic rings. The van der Waals surface area contributed by atoms with E-state index in [0.29, 0.717) is 29.2 Å². The van der Waals surface area contributed by atoms with Gasteiger partial charge in [-0.25, -0.2) is 8.42 Å². The minimum atomic E-state index is -3.33. The van der Waals surface area contributed by atoms with Crippen LogP contribution in [0, 0.1) is 0 Å². The molecule has 1 aliphatic heterocycles. The SMILES string of the molecule is CNC1CCCN(C(=O)c2cc(S(C)(=O)=O)ccc2Br)C1.Cl. The molecule has 22 heavy (non-hydrogen) atoms. The first-order valence-corrected chi connectivity index (χ1v) is 9.47. The fourth-order valence-corrected chi connectivity index (χ4v) is 3.53. The van der Waals surface area contributed by atoms with Gasteiger partial charge in [0.1, 0.15) is 0 Å². The van der Waals surface area contributed by atoms with Crippen molar-refractivity contribution in [2.45, 2.75) is 23.8 Å². The number of amides is 1. The van der Waals surface area contributed by atoms with Crippen LogP contribution < -0.4 is 5.32 Å². The molecule has 1 heterocycles. The molecule has 2 rings (SSSR count). The fraction of sp³-hybridized carbons (Fsp3) is 0.500. The average molecular weight is 412 g/mol. The summed E-state index contributed by atoms with van der Waals surface area (Å²) in [6.07, 6.45) is 3.13. The standard InChI is InChI=1S/C14H19BrN2O3S.ClH/c1-16-10-4-3-7-17(9-10)14(18)12-8-11(21(2,19)20)5-6-13(12)15;/h5-6,8,10,16H,3-4,7,9H2,1-2H3;1H. The van der Waals surface area contributed by atoms with E-state index in [2.05, 4.69) is 21.2 Å². The van der Waals surface area contributed by atoms with E-state index in [9.17, 15) is 13.2 Å². The lowest BCUT2D eigenvalue weighted by atomic mass is 10.0. The summed E-state index contributed by atoms with van der Waals surface area (Å²) in [4.78, 5) is 14.6. The second-order valence-electron chi connectivity index (χ2n) is 5.29. The highest BCUT2D eigenvalue weighted by atomic mass is 79.9. The van der Waals surface area contributed by atoms with E-state index < -0.39 is 9.84 Å². The number of carbonyl (C=O) groups excluding carboxylic acids is 1. The quantitative estimate of drug-likeness (QED) is 0.827. The number of benzene rings is 1. The number of piperidine rings is 1. The predicted molar refractivity (Wildman–Crippen MR) is 92.5 cm³/mol. The normalized spacial score (nSPS) is 18.7. The molecule has 1 aromatic rings. The first kappa shape index (κ1) is 19.4. The molecule has 0 aliphatic carbocycles. The van der Waals surface area contributed by atoms with Crippen LogP contribution in [0.25, 0.3) is 0 Å². The molecule has 1 aromatic carbocycles. The Kier molecular flexibility index (Phi) is 6.85. The lowest BCUT2D eigenvalue weighted by Gasteiger charge is -2.32. The summed E-state index contributed by atoms with van der Waals surface area (Å²) in [7, 11) is -1.44. The third kappa shape index (κ3) is 4.44. The number of nitrogens with one attached hydrogen (secondary N) is 1. The Morgan fingerprint density at radius 3 is 2.68 bits per heavy atom. The maximum Gasteiger partial charge on any atom is 0.255 e. The van der Waals surface area contributed by atoms with Crippen LogP contribution in [0.4, 0.5) is 0 Å². The number of halogens is 2. The molecule has 1 unspecified atom stereocenters. The second kappa shape index (κ2) is 7.77. The Morgan fingerprint density at radius 1 is 1.41 bits per heavy atom. The van der Waals surface area contributed by atoms with Gasteiger partial charge >= 0.3 is 0 Å². The molecule has 1 fully saturated rings. The van der Waals surface area contributed by atoms with Crippen molar-refractivity contribution in [1.29, 1.82) is 0 Å². The minimum absolute atomic E-state index is 0. The number of likely N-dealkylation sites (N-methyl/N-ethyl adjacent to an activating group) is 1. The Bertz CT molecular complexity index is 651. The molecular weight excluding hydrogens is 392 g/mol. The summed E-state index contributed by atoms with van der Waals surface area (Å²) in [6, 6.07) is 4.86. The van der Waals surface area contributed by atoms with Crippen LogP contribution in [0.5, 0.6) is 0 Å². The third-order valence-corrected chi connectivity index (χ3v) is 5.51. The van der Waals surface area contributed by atoms with E-state index in [1.165, 1.54) is 12.1 Å². The van der Waals surface area contributed by atoms with Crippen molar-refractivity contribution in [3.05, 3.63) is 28.2 Å². The van der Waals surface area contributed by atoms with E-state index in [1.807, 2.05) is 7.05 Å². The van der Waals surface area contributed by atoms with Gasteiger partial charge in [0.15, 0.2) is 9.84 Å². The zero-order valence-electron chi connectivity index (χ0n) is 12.5. The van der Waals surface area contributed by atoms with E-state index in [4.69, 9.17) is 0 Å². The van der Waals surface area contributed by atoms with Gasteiger partial charge in [-0.2, -0.15) is 0 Å².